The van der Waals surface area contributed by atoms with E-state index >= 15 is 0 Å². The molecule has 0 radical (unpaired) electrons. The van der Waals surface area contributed by atoms with Crippen LogP contribution >= 0.6 is 11.8 Å². The van der Waals surface area contributed by atoms with Gasteiger partial charge in [-0.2, -0.15) is 0 Å². The molecule has 0 spiro atoms. The van der Waals surface area contributed by atoms with Crippen molar-refractivity contribution in [3.8, 4) is 0 Å². The molecule has 0 fully saturated rings. The summed E-state index contributed by atoms with van der Waals surface area (Å²) in [5, 5.41) is 2.66. The third-order valence-corrected chi connectivity index (χ3v) is 4.49. The van der Waals surface area contributed by atoms with Crippen molar-refractivity contribution in [1.82, 2.24) is 9.88 Å². The lowest BCUT2D eigenvalue weighted by atomic mass is 10.2. The molecule has 0 atom stereocenters. The highest BCUT2D eigenvalue weighted by atomic mass is 32.2. The Morgan fingerprint density at radius 1 is 1.23 bits per heavy atom. The Morgan fingerprint density at radius 2 is 1.96 bits per heavy atom. The minimum Gasteiger partial charge on any atom is -0.369 e. The van der Waals surface area contributed by atoms with Gasteiger partial charge in [0.1, 0.15) is 5.82 Å². The highest BCUT2D eigenvalue weighted by molar-refractivity contribution is 8.00. The van der Waals surface area contributed by atoms with Gasteiger partial charge in [0.25, 0.3) is 5.91 Å². The highest BCUT2D eigenvalue weighted by Crippen LogP contribution is 2.23. The number of nitrogens with two attached hydrogens (primary N) is 1. The molecule has 26 heavy (non-hydrogen) atoms. The molecule has 0 bridgehead atoms. The molecule has 0 saturated carbocycles. The van der Waals surface area contributed by atoms with Crippen LogP contribution in [0.4, 0.5) is 5.82 Å². The van der Waals surface area contributed by atoms with Gasteiger partial charge in [-0.3, -0.25) is 14.4 Å². The number of aromatic nitrogens is 1. The number of aryl methyl sites for hydroxylation is 1. The van der Waals surface area contributed by atoms with Gasteiger partial charge in [-0.15, -0.1) is 11.8 Å². The van der Waals surface area contributed by atoms with Crippen LogP contribution in [-0.4, -0.2) is 47.0 Å². The van der Waals surface area contributed by atoms with E-state index < -0.39 is 5.91 Å². The van der Waals surface area contributed by atoms with Gasteiger partial charge in [0.2, 0.25) is 11.8 Å². The smallest absolute Gasteiger partial charge is 0.255 e. The zero-order valence-electron chi connectivity index (χ0n) is 14.6. The second-order valence-electron chi connectivity index (χ2n) is 5.68. The van der Waals surface area contributed by atoms with Crippen molar-refractivity contribution < 1.29 is 14.4 Å². The molecular formula is C18H20N4O3S. The van der Waals surface area contributed by atoms with E-state index in [0.717, 1.165) is 5.56 Å². The lowest BCUT2D eigenvalue weighted by Crippen LogP contribution is -2.35. The fraction of sp³-hybridized carbons (Fsp3) is 0.222. The molecule has 0 aliphatic rings. The largest absolute Gasteiger partial charge is 0.369 e. The van der Waals surface area contributed by atoms with Crippen LogP contribution in [0.25, 0.3) is 0 Å². The molecule has 1 heterocycles. The number of nitrogens with one attached hydrogen (secondary N) is 1. The molecule has 0 aliphatic heterocycles. The molecular weight excluding hydrogens is 352 g/mol. The van der Waals surface area contributed by atoms with E-state index in [9.17, 15) is 14.4 Å². The number of primary amides is 1. The van der Waals surface area contributed by atoms with Gasteiger partial charge in [0, 0.05) is 18.1 Å². The van der Waals surface area contributed by atoms with E-state index in [-0.39, 0.29) is 24.1 Å². The van der Waals surface area contributed by atoms with Crippen LogP contribution in [0.2, 0.25) is 0 Å². The second-order valence-corrected chi connectivity index (χ2v) is 6.70. The van der Waals surface area contributed by atoms with E-state index in [4.69, 9.17) is 5.73 Å². The van der Waals surface area contributed by atoms with E-state index in [1.165, 1.54) is 16.7 Å². The molecule has 2 rings (SSSR count). The summed E-state index contributed by atoms with van der Waals surface area (Å²) >= 11 is 1.19. The predicted octanol–water partition coefficient (Wildman–Crippen LogP) is 1.68. The molecule has 2 aromatic rings. The van der Waals surface area contributed by atoms with E-state index in [1.807, 2.05) is 13.0 Å². The van der Waals surface area contributed by atoms with Gasteiger partial charge < -0.3 is 16.0 Å². The fourth-order valence-corrected chi connectivity index (χ4v) is 2.98. The van der Waals surface area contributed by atoms with Gasteiger partial charge >= 0.3 is 0 Å². The van der Waals surface area contributed by atoms with Crippen molar-refractivity contribution in [2.75, 3.05) is 24.7 Å². The zero-order valence-corrected chi connectivity index (χ0v) is 15.4. The standard InChI is InChI=1S/C18H20N4O3S/c1-12-7-8-20-16(9-12)21-17(24)10-22(2)18(25)13-5-3-4-6-14(13)26-11-15(19)23/h3-9H,10-11H2,1-2H3,(H2,19,23)(H,20,21,24). The van der Waals surface area contributed by atoms with Crippen LogP contribution in [0.1, 0.15) is 15.9 Å². The van der Waals surface area contributed by atoms with Crippen LogP contribution in [0.3, 0.4) is 0 Å². The zero-order chi connectivity index (χ0) is 19.1. The average Bonchev–Trinajstić information content (AvgIpc) is 2.59. The first-order chi connectivity index (χ1) is 12.4. The number of hydrogen-bond donors (Lipinski definition) is 2. The number of nitrogens with zero attached hydrogens (tertiary/aromatic N) is 2. The number of carbonyl (C=O) groups is 3. The third kappa shape index (κ3) is 5.59. The number of carbonyl (C=O) groups excluding carboxylic acids is 3. The van der Waals surface area contributed by atoms with Crippen molar-refractivity contribution in [3.63, 3.8) is 0 Å². The molecule has 136 valence electrons. The van der Waals surface area contributed by atoms with Crippen molar-refractivity contribution in [2.24, 2.45) is 5.73 Å². The molecule has 0 unspecified atom stereocenters. The topological polar surface area (TPSA) is 105 Å². The lowest BCUT2D eigenvalue weighted by Gasteiger charge is -2.18. The second kappa shape index (κ2) is 9.00. The van der Waals surface area contributed by atoms with Gasteiger partial charge in [0.15, 0.2) is 0 Å². The van der Waals surface area contributed by atoms with Gasteiger partial charge in [-0.05, 0) is 36.8 Å². The van der Waals surface area contributed by atoms with Crippen LogP contribution in [-0.2, 0) is 9.59 Å². The van der Waals surface area contributed by atoms with E-state index in [1.54, 1.807) is 43.6 Å². The summed E-state index contributed by atoms with van der Waals surface area (Å²) in [6, 6.07) is 10.5. The summed E-state index contributed by atoms with van der Waals surface area (Å²) in [6.07, 6.45) is 1.60. The third-order valence-electron chi connectivity index (χ3n) is 3.40. The number of likely N-dealkylation sites (N-methyl/N-ethyl adjacent to an activating group) is 1. The van der Waals surface area contributed by atoms with E-state index in [2.05, 4.69) is 10.3 Å². The van der Waals surface area contributed by atoms with Crippen molar-refractivity contribution in [2.45, 2.75) is 11.8 Å². The Kier molecular flexibility index (Phi) is 6.74. The number of thioether (sulfide) groups is 1. The average molecular weight is 372 g/mol. The van der Waals surface area contributed by atoms with Crippen LogP contribution in [0.15, 0.2) is 47.5 Å². The minimum absolute atomic E-state index is 0.0769. The Morgan fingerprint density at radius 3 is 2.65 bits per heavy atom. The van der Waals surface area contributed by atoms with E-state index in [0.29, 0.717) is 16.3 Å². The SMILES string of the molecule is Cc1ccnc(NC(=O)CN(C)C(=O)c2ccccc2SCC(N)=O)c1. The molecule has 8 heteroatoms. The Hall–Kier alpha value is -2.87. The molecule has 1 aromatic carbocycles. The molecule has 3 N–H and O–H groups in total. The maximum absolute atomic E-state index is 12.7. The summed E-state index contributed by atoms with van der Waals surface area (Å²) in [6.45, 7) is 1.77. The maximum Gasteiger partial charge on any atom is 0.255 e. The summed E-state index contributed by atoms with van der Waals surface area (Å²) < 4.78 is 0. The first-order valence-corrected chi connectivity index (χ1v) is 8.83. The monoisotopic (exact) mass is 372 g/mol. The van der Waals surface area contributed by atoms with Crippen LogP contribution in [0, 0.1) is 6.92 Å². The fourth-order valence-electron chi connectivity index (χ4n) is 2.20. The number of rotatable bonds is 7. The van der Waals surface area contributed by atoms with Crippen molar-refractivity contribution in [1.29, 1.82) is 0 Å². The number of benzene rings is 1. The first kappa shape index (κ1) is 19.5. The van der Waals surface area contributed by atoms with Gasteiger partial charge in [-0.25, -0.2) is 4.98 Å². The number of anilines is 1. The minimum atomic E-state index is -0.462. The summed E-state index contributed by atoms with van der Waals surface area (Å²) in [5.74, 6) is -0.608. The molecule has 0 saturated heterocycles. The molecule has 0 aliphatic carbocycles. The number of hydrogen-bond acceptors (Lipinski definition) is 5. The van der Waals surface area contributed by atoms with Gasteiger partial charge in [0.05, 0.1) is 17.9 Å². The Labute approximate surface area is 156 Å². The number of amides is 3. The van der Waals surface area contributed by atoms with Crippen LogP contribution in [0.5, 0.6) is 0 Å². The van der Waals surface area contributed by atoms with Crippen molar-refractivity contribution in [3.05, 3.63) is 53.7 Å². The maximum atomic E-state index is 12.7. The normalized spacial score (nSPS) is 10.2. The summed E-state index contributed by atoms with van der Waals surface area (Å²) in [4.78, 5) is 41.8. The molecule has 3 amide bonds. The number of pyridine rings is 1. The summed E-state index contributed by atoms with van der Waals surface area (Å²) in [5.41, 5.74) is 6.55. The Balaban J connectivity index is 2.03. The molecule has 1 aromatic heterocycles. The van der Waals surface area contributed by atoms with Gasteiger partial charge in [-0.1, -0.05) is 12.1 Å². The Bertz CT molecular complexity index is 826. The highest BCUT2D eigenvalue weighted by Gasteiger charge is 2.18. The van der Waals surface area contributed by atoms with Crippen molar-refractivity contribution >= 4 is 35.3 Å². The predicted molar refractivity (Wildman–Crippen MR) is 101 cm³/mol. The summed E-state index contributed by atoms with van der Waals surface area (Å²) in [7, 11) is 1.54. The lowest BCUT2D eigenvalue weighted by molar-refractivity contribution is -0.117. The molecule has 7 nitrogen and oxygen atoms in total. The first-order valence-electron chi connectivity index (χ1n) is 7.85. The quantitative estimate of drug-likeness (QED) is 0.720. The van der Waals surface area contributed by atoms with Crippen LogP contribution < -0.4 is 11.1 Å².